The maximum absolute atomic E-state index is 10.9. The molecule has 0 aliphatic carbocycles. The molecule has 0 unspecified atom stereocenters. The molecule has 4 heterocycles. The molecule has 2 atom stereocenters. The number of nitriles is 1. The third-order valence-corrected chi connectivity index (χ3v) is 6.09. The quantitative estimate of drug-likeness (QED) is 0.506. The third-order valence-electron chi connectivity index (χ3n) is 6.09. The number of phenols is 1. The smallest absolute Gasteiger partial charge is 0.161 e. The number of hydrogen-bond donors (Lipinski definition) is 2. The third kappa shape index (κ3) is 3.31. The van der Waals surface area contributed by atoms with Gasteiger partial charge in [0, 0.05) is 60.3 Å². The van der Waals surface area contributed by atoms with Crippen molar-refractivity contribution in [2.45, 2.75) is 32.9 Å². The normalized spacial score (nSPS) is 18.9. The van der Waals surface area contributed by atoms with Gasteiger partial charge in [0.2, 0.25) is 0 Å². The van der Waals surface area contributed by atoms with Gasteiger partial charge in [-0.05, 0) is 39.0 Å². The zero-order chi connectivity index (χ0) is 22.6. The number of aryl methyl sites for hydroxylation is 2. The van der Waals surface area contributed by atoms with Crippen molar-refractivity contribution in [1.29, 1.82) is 5.26 Å². The van der Waals surface area contributed by atoms with Crippen molar-refractivity contribution in [1.82, 2.24) is 25.1 Å². The molecule has 162 valence electrons. The summed E-state index contributed by atoms with van der Waals surface area (Å²) in [6, 6.07) is 8.63. The second kappa shape index (κ2) is 7.46. The van der Waals surface area contributed by atoms with E-state index in [0.29, 0.717) is 45.5 Å². The van der Waals surface area contributed by atoms with E-state index in [2.05, 4.69) is 40.2 Å². The Balaban J connectivity index is 1.63. The minimum absolute atomic E-state index is 0.118. The molecule has 0 bridgehead atoms. The number of aromatic nitrogens is 4. The minimum Gasteiger partial charge on any atom is -0.507 e. The van der Waals surface area contributed by atoms with Gasteiger partial charge in [0.15, 0.2) is 5.65 Å². The summed E-state index contributed by atoms with van der Waals surface area (Å²) in [6.07, 6.45) is 3.72. The number of pyridine rings is 2. The van der Waals surface area contributed by atoms with Crippen LogP contribution in [0.1, 0.15) is 25.0 Å². The van der Waals surface area contributed by atoms with Crippen LogP contribution in [0.2, 0.25) is 0 Å². The Labute approximate surface area is 186 Å². The van der Waals surface area contributed by atoms with E-state index in [1.807, 2.05) is 38.5 Å². The number of aromatic hydroxyl groups is 1. The van der Waals surface area contributed by atoms with Gasteiger partial charge < -0.3 is 15.3 Å². The molecule has 8 heteroatoms. The van der Waals surface area contributed by atoms with E-state index in [1.165, 1.54) is 0 Å². The predicted molar refractivity (Wildman–Crippen MR) is 125 cm³/mol. The van der Waals surface area contributed by atoms with Gasteiger partial charge in [-0.1, -0.05) is 0 Å². The summed E-state index contributed by atoms with van der Waals surface area (Å²) in [5, 5.41) is 30.3. The Bertz CT molecular complexity index is 1390. The number of nitrogens with zero attached hydrogens (tertiary/aromatic N) is 6. The molecule has 5 rings (SSSR count). The second-order valence-corrected chi connectivity index (χ2v) is 8.74. The van der Waals surface area contributed by atoms with Crippen LogP contribution >= 0.6 is 0 Å². The predicted octanol–water partition coefficient (Wildman–Crippen LogP) is 3.26. The van der Waals surface area contributed by atoms with Crippen molar-refractivity contribution in [3.8, 4) is 23.1 Å². The fraction of sp³-hybridized carbons (Fsp3) is 0.333. The summed E-state index contributed by atoms with van der Waals surface area (Å²) >= 11 is 0. The van der Waals surface area contributed by atoms with Crippen LogP contribution in [0.25, 0.3) is 33.2 Å². The van der Waals surface area contributed by atoms with Crippen molar-refractivity contribution in [2.75, 3.05) is 18.0 Å². The highest BCUT2D eigenvalue weighted by Crippen LogP contribution is 2.37. The molecule has 32 heavy (non-hydrogen) atoms. The van der Waals surface area contributed by atoms with Crippen molar-refractivity contribution in [3.05, 3.63) is 41.7 Å². The van der Waals surface area contributed by atoms with Crippen LogP contribution in [0.4, 0.5) is 5.69 Å². The molecular formula is C24H25N7O. The highest BCUT2D eigenvalue weighted by molar-refractivity contribution is 5.93. The number of rotatable bonds is 2. The largest absolute Gasteiger partial charge is 0.507 e. The zero-order valence-corrected chi connectivity index (χ0v) is 18.6. The standard InChI is InChI=1S/C24H25N7O/c1-13-10-31(11-14(2)27-13)18-7-19-16(8-25)6-21(28-24(19)26-9-18)20-5-17-12-30(4)29-22(17)15(3)23(20)32/h5-7,9,12-14,27,32H,10-11H2,1-4H3/t13-,14-/m0/s1. The first-order valence-corrected chi connectivity index (χ1v) is 10.7. The van der Waals surface area contributed by atoms with Crippen molar-refractivity contribution < 1.29 is 5.11 Å². The first-order valence-electron chi connectivity index (χ1n) is 10.7. The topological polar surface area (TPSA) is 103 Å². The lowest BCUT2D eigenvalue weighted by atomic mass is 10.0. The van der Waals surface area contributed by atoms with Crippen molar-refractivity contribution in [2.24, 2.45) is 7.05 Å². The van der Waals surface area contributed by atoms with Crippen LogP contribution in [0.15, 0.2) is 30.6 Å². The number of nitrogens with one attached hydrogen (secondary N) is 1. The fourth-order valence-corrected chi connectivity index (χ4v) is 4.67. The number of piperazine rings is 1. The number of hydrogen-bond acceptors (Lipinski definition) is 7. The number of benzene rings is 1. The molecule has 0 amide bonds. The van der Waals surface area contributed by atoms with Crippen LogP contribution in [-0.4, -0.2) is 50.0 Å². The van der Waals surface area contributed by atoms with Crippen LogP contribution in [0.3, 0.4) is 0 Å². The van der Waals surface area contributed by atoms with Gasteiger partial charge in [-0.3, -0.25) is 4.68 Å². The van der Waals surface area contributed by atoms with E-state index < -0.39 is 0 Å². The molecule has 4 aromatic rings. The monoisotopic (exact) mass is 427 g/mol. The van der Waals surface area contributed by atoms with E-state index in [-0.39, 0.29) is 5.75 Å². The van der Waals surface area contributed by atoms with Gasteiger partial charge in [-0.25, -0.2) is 9.97 Å². The molecule has 0 radical (unpaired) electrons. The Morgan fingerprint density at radius 2 is 1.94 bits per heavy atom. The molecule has 0 spiro atoms. The molecule has 0 saturated carbocycles. The maximum atomic E-state index is 10.9. The van der Waals surface area contributed by atoms with Gasteiger partial charge in [-0.2, -0.15) is 10.4 Å². The van der Waals surface area contributed by atoms with E-state index >= 15 is 0 Å². The molecule has 1 aliphatic heterocycles. The maximum Gasteiger partial charge on any atom is 0.161 e. The number of phenolic OH excluding ortho intramolecular Hbond substituents is 1. The van der Waals surface area contributed by atoms with Crippen molar-refractivity contribution >= 4 is 27.6 Å². The van der Waals surface area contributed by atoms with Crippen LogP contribution in [0, 0.1) is 18.3 Å². The first kappa shape index (κ1) is 20.2. The SMILES string of the molecule is Cc1c(O)c(-c2cc(C#N)c3cc(N4C[C@H](C)N[C@@H](C)C4)cnc3n2)cc2cn(C)nc12. The molecule has 1 saturated heterocycles. The van der Waals surface area contributed by atoms with Crippen LogP contribution in [-0.2, 0) is 7.05 Å². The minimum atomic E-state index is 0.118. The van der Waals surface area contributed by atoms with Crippen LogP contribution in [0.5, 0.6) is 5.75 Å². The average molecular weight is 428 g/mol. The number of fused-ring (bicyclic) bond motifs is 2. The Morgan fingerprint density at radius 1 is 1.19 bits per heavy atom. The summed E-state index contributed by atoms with van der Waals surface area (Å²) < 4.78 is 1.72. The summed E-state index contributed by atoms with van der Waals surface area (Å²) in [5.74, 6) is 0.118. The fourth-order valence-electron chi connectivity index (χ4n) is 4.67. The highest BCUT2D eigenvalue weighted by Gasteiger charge is 2.22. The van der Waals surface area contributed by atoms with E-state index in [4.69, 9.17) is 4.98 Å². The lowest BCUT2D eigenvalue weighted by molar-refractivity contribution is 0.407. The Kier molecular flexibility index (Phi) is 4.72. The highest BCUT2D eigenvalue weighted by atomic mass is 16.3. The summed E-state index contributed by atoms with van der Waals surface area (Å²) in [5.41, 5.74) is 4.48. The summed E-state index contributed by atoms with van der Waals surface area (Å²) in [7, 11) is 1.85. The second-order valence-electron chi connectivity index (χ2n) is 8.74. The molecule has 1 fully saturated rings. The summed E-state index contributed by atoms with van der Waals surface area (Å²) in [4.78, 5) is 11.6. The molecule has 8 nitrogen and oxygen atoms in total. The average Bonchev–Trinajstić information content (AvgIpc) is 3.15. The summed E-state index contributed by atoms with van der Waals surface area (Å²) in [6.45, 7) is 7.92. The molecule has 2 N–H and O–H groups in total. The molecular weight excluding hydrogens is 402 g/mol. The zero-order valence-electron chi connectivity index (χ0n) is 18.6. The van der Waals surface area contributed by atoms with Crippen LogP contribution < -0.4 is 10.2 Å². The lowest BCUT2D eigenvalue weighted by Crippen LogP contribution is -2.54. The lowest BCUT2D eigenvalue weighted by Gasteiger charge is -2.37. The Hall–Kier alpha value is -3.70. The van der Waals surface area contributed by atoms with Gasteiger partial charge >= 0.3 is 0 Å². The first-order chi connectivity index (χ1) is 15.3. The molecule has 3 aromatic heterocycles. The van der Waals surface area contributed by atoms with Crippen molar-refractivity contribution in [3.63, 3.8) is 0 Å². The van der Waals surface area contributed by atoms with E-state index in [0.717, 1.165) is 29.7 Å². The molecule has 1 aliphatic rings. The number of anilines is 1. The van der Waals surface area contributed by atoms with Gasteiger partial charge in [0.05, 0.1) is 34.7 Å². The molecule has 1 aromatic carbocycles. The van der Waals surface area contributed by atoms with E-state index in [1.54, 1.807) is 10.7 Å². The van der Waals surface area contributed by atoms with Gasteiger partial charge in [-0.15, -0.1) is 0 Å². The van der Waals surface area contributed by atoms with Gasteiger partial charge in [0.1, 0.15) is 5.75 Å². The Morgan fingerprint density at radius 3 is 2.66 bits per heavy atom. The van der Waals surface area contributed by atoms with Gasteiger partial charge in [0.25, 0.3) is 0 Å². The van der Waals surface area contributed by atoms with E-state index in [9.17, 15) is 10.4 Å².